The lowest BCUT2D eigenvalue weighted by atomic mass is 10.2. The molecule has 1 aliphatic heterocycles. The zero-order valence-electron chi connectivity index (χ0n) is 12.0. The molecule has 0 aromatic heterocycles. The van der Waals surface area contributed by atoms with Gasteiger partial charge in [-0.05, 0) is 36.8 Å². The SMILES string of the molecule is Cc1cccc(Oc2ccccc2N2CC(N)CC2=O)c1. The van der Waals surface area contributed by atoms with Crippen LogP contribution in [0.4, 0.5) is 5.69 Å². The van der Waals surface area contributed by atoms with Crippen molar-refractivity contribution >= 4 is 11.6 Å². The fourth-order valence-electron chi connectivity index (χ4n) is 2.54. The number of aryl methyl sites for hydroxylation is 1. The maximum absolute atomic E-state index is 12.0. The van der Waals surface area contributed by atoms with Crippen molar-refractivity contribution in [2.45, 2.75) is 19.4 Å². The zero-order chi connectivity index (χ0) is 14.8. The minimum absolute atomic E-state index is 0.0443. The Morgan fingerprint density at radius 1 is 1.19 bits per heavy atom. The van der Waals surface area contributed by atoms with Crippen LogP contribution in [-0.4, -0.2) is 18.5 Å². The van der Waals surface area contributed by atoms with Gasteiger partial charge in [-0.1, -0.05) is 24.3 Å². The Kier molecular flexibility index (Phi) is 3.62. The molecule has 0 bridgehead atoms. The van der Waals surface area contributed by atoms with Crippen LogP contribution < -0.4 is 15.4 Å². The number of ether oxygens (including phenoxy) is 1. The van der Waals surface area contributed by atoms with E-state index < -0.39 is 0 Å². The van der Waals surface area contributed by atoms with E-state index in [0.717, 1.165) is 17.0 Å². The molecule has 4 heteroatoms. The minimum Gasteiger partial charge on any atom is -0.455 e. The summed E-state index contributed by atoms with van der Waals surface area (Å²) < 4.78 is 5.95. The summed E-state index contributed by atoms with van der Waals surface area (Å²) in [6, 6.07) is 15.3. The van der Waals surface area contributed by atoms with Crippen LogP contribution in [0.25, 0.3) is 0 Å². The van der Waals surface area contributed by atoms with Gasteiger partial charge in [0.1, 0.15) is 5.75 Å². The number of hydrogen-bond donors (Lipinski definition) is 1. The van der Waals surface area contributed by atoms with Crippen LogP contribution >= 0.6 is 0 Å². The molecule has 3 rings (SSSR count). The molecule has 1 amide bonds. The molecule has 1 heterocycles. The van der Waals surface area contributed by atoms with Crippen molar-refractivity contribution in [1.29, 1.82) is 0 Å². The smallest absolute Gasteiger partial charge is 0.228 e. The van der Waals surface area contributed by atoms with Gasteiger partial charge in [-0.3, -0.25) is 4.79 Å². The number of para-hydroxylation sites is 2. The van der Waals surface area contributed by atoms with E-state index in [1.165, 1.54) is 0 Å². The topological polar surface area (TPSA) is 55.6 Å². The lowest BCUT2D eigenvalue weighted by Gasteiger charge is -2.20. The zero-order valence-corrected chi connectivity index (χ0v) is 12.0. The van der Waals surface area contributed by atoms with Crippen molar-refractivity contribution in [1.82, 2.24) is 0 Å². The Bertz CT molecular complexity index is 669. The van der Waals surface area contributed by atoms with Gasteiger partial charge in [0.2, 0.25) is 5.91 Å². The first-order chi connectivity index (χ1) is 10.1. The van der Waals surface area contributed by atoms with Gasteiger partial charge in [-0.25, -0.2) is 0 Å². The summed E-state index contributed by atoms with van der Waals surface area (Å²) in [6.07, 6.45) is 0.388. The monoisotopic (exact) mass is 282 g/mol. The molecule has 0 spiro atoms. The van der Waals surface area contributed by atoms with E-state index in [-0.39, 0.29) is 11.9 Å². The van der Waals surface area contributed by atoms with Gasteiger partial charge in [0.05, 0.1) is 5.69 Å². The molecule has 21 heavy (non-hydrogen) atoms. The predicted octanol–water partition coefficient (Wildman–Crippen LogP) is 2.85. The predicted molar refractivity (Wildman–Crippen MR) is 82.6 cm³/mol. The Morgan fingerprint density at radius 2 is 2.00 bits per heavy atom. The third kappa shape index (κ3) is 2.90. The second-order valence-electron chi connectivity index (χ2n) is 5.35. The molecular weight excluding hydrogens is 264 g/mol. The molecule has 1 unspecified atom stereocenters. The molecule has 0 aliphatic carbocycles. The summed E-state index contributed by atoms with van der Waals surface area (Å²) in [4.78, 5) is 13.7. The molecule has 0 radical (unpaired) electrons. The Labute approximate surface area is 124 Å². The second kappa shape index (κ2) is 5.58. The first-order valence-corrected chi connectivity index (χ1v) is 7.03. The molecule has 2 aromatic rings. The first kappa shape index (κ1) is 13.6. The largest absolute Gasteiger partial charge is 0.455 e. The first-order valence-electron chi connectivity index (χ1n) is 7.03. The van der Waals surface area contributed by atoms with Crippen LogP contribution in [0, 0.1) is 6.92 Å². The summed E-state index contributed by atoms with van der Waals surface area (Å²) in [7, 11) is 0. The molecule has 1 aliphatic rings. The normalized spacial score (nSPS) is 18.1. The molecule has 108 valence electrons. The molecule has 4 nitrogen and oxygen atoms in total. The van der Waals surface area contributed by atoms with Crippen molar-refractivity contribution < 1.29 is 9.53 Å². The van der Waals surface area contributed by atoms with Gasteiger partial charge < -0.3 is 15.4 Å². The number of rotatable bonds is 3. The highest BCUT2D eigenvalue weighted by molar-refractivity contribution is 5.97. The van der Waals surface area contributed by atoms with E-state index in [4.69, 9.17) is 10.5 Å². The summed E-state index contributed by atoms with van der Waals surface area (Å²) in [5.74, 6) is 1.48. The second-order valence-corrected chi connectivity index (χ2v) is 5.35. The maximum Gasteiger partial charge on any atom is 0.228 e. The number of hydrogen-bond acceptors (Lipinski definition) is 3. The highest BCUT2D eigenvalue weighted by Gasteiger charge is 2.29. The third-order valence-electron chi connectivity index (χ3n) is 3.53. The molecule has 1 fully saturated rings. The van der Waals surface area contributed by atoms with E-state index >= 15 is 0 Å². The van der Waals surface area contributed by atoms with E-state index in [1.54, 1.807) is 4.90 Å². The lowest BCUT2D eigenvalue weighted by molar-refractivity contribution is -0.117. The number of amides is 1. The average Bonchev–Trinajstić information content (AvgIpc) is 2.78. The van der Waals surface area contributed by atoms with Crippen LogP contribution in [0.2, 0.25) is 0 Å². The van der Waals surface area contributed by atoms with Crippen molar-refractivity contribution in [3.63, 3.8) is 0 Å². The van der Waals surface area contributed by atoms with Crippen molar-refractivity contribution in [2.75, 3.05) is 11.4 Å². The van der Waals surface area contributed by atoms with E-state index in [2.05, 4.69) is 0 Å². The summed E-state index contributed by atoms with van der Waals surface area (Å²) in [5, 5.41) is 0. The number of carbonyl (C=O) groups is 1. The van der Waals surface area contributed by atoms with Crippen molar-refractivity contribution in [3.05, 3.63) is 54.1 Å². The van der Waals surface area contributed by atoms with Crippen LogP contribution in [0.5, 0.6) is 11.5 Å². The molecule has 2 aromatic carbocycles. The van der Waals surface area contributed by atoms with Gasteiger partial charge in [-0.15, -0.1) is 0 Å². The van der Waals surface area contributed by atoms with E-state index in [9.17, 15) is 4.79 Å². The van der Waals surface area contributed by atoms with Crippen molar-refractivity contribution in [2.24, 2.45) is 5.73 Å². The number of carbonyl (C=O) groups excluding carboxylic acids is 1. The number of nitrogens with zero attached hydrogens (tertiary/aromatic N) is 1. The average molecular weight is 282 g/mol. The van der Waals surface area contributed by atoms with E-state index in [0.29, 0.717) is 18.7 Å². The van der Waals surface area contributed by atoms with Gasteiger partial charge in [0.15, 0.2) is 5.75 Å². The van der Waals surface area contributed by atoms with Gasteiger partial charge in [-0.2, -0.15) is 0 Å². The highest BCUT2D eigenvalue weighted by atomic mass is 16.5. The minimum atomic E-state index is -0.107. The van der Waals surface area contributed by atoms with Crippen LogP contribution in [-0.2, 0) is 4.79 Å². The lowest BCUT2D eigenvalue weighted by Crippen LogP contribution is -2.28. The molecule has 1 saturated heterocycles. The summed E-state index contributed by atoms with van der Waals surface area (Å²) >= 11 is 0. The third-order valence-corrected chi connectivity index (χ3v) is 3.53. The maximum atomic E-state index is 12.0. The van der Waals surface area contributed by atoms with Crippen LogP contribution in [0.15, 0.2) is 48.5 Å². The quantitative estimate of drug-likeness (QED) is 0.941. The van der Waals surface area contributed by atoms with Crippen LogP contribution in [0.1, 0.15) is 12.0 Å². The molecule has 0 saturated carbocycles. The fourth-order valence-corrected chi connectivity index (χ4v) is 2.54. The summed E-state index contributed by atoms with van der Waals surface area (Å²) in [6.45, 7) is 2.55. The van der Waals surface area contributed by atoms with Gasteiger partial charge >= 0.3 is 0 Å². The van der Waals surface area contributed by atoms with Crippen molar-refractivity contribution in [3.8, 4) is 11.5 Å². The molecular formula is C17H18N2O2. The highest BCUT2D eigenvalue weighted by Crippen LogP contribution is 2.34. The number of anilines is 1. The number of benzene rings is 2. The molecule has 1 atom stereocenters. The van der Waals surface area contributed by atoms with Crippen LogP contribution in [0.3, 0.4) is 0 Å². The fraction of sp³-hybridized carbons (Fsp3) is 0.235. The standard InChI is InChI=1S/C17H18N2O2/c1-12-5-4-6-14(9-12)21-16-8-3-2-7-15(16)19-11-13(18)10-17(19)20/h2-9,13H,10-11,18H2,1H3. The Morgan fingerprint density at radius 3 is 2.71 bits per heavy atom. The van der Waals surface area contributed by atoms with E-state index in [1.807, 2.05) is 55.5 Å². The summed E-state index contributed by atoms with van der Waals surface area (Å²) in [5.41, 5.74) is 7.78. The number of nitrogens with two attached hydrogens (primary N) is 1. The molecule has 2 N–H and O–H groups in total. The Balaban J connectivity index is 1.91. The van der Waals surface area contributed by atoms with Gasteiger partial charge in [0, 0.05) is 19.0 Å². The van der Waals surface area contributed by atoms with Gasteiger partial charge in [0.25, 0.3) is 0 Å². The Hall–Kier alpha value is -2.33.